The fourth-order valence-electron chi connectivity index (χ4n) is 2.52. The van der Waals surface area contributed by atoms with Gasteiger partial charge in [-0.3, -0.25) is 9.59 Å². The first-order valence-electron chi connectivity index (χ1n) is 6.44. The summed E-state index contributed by atoms with van der Waals surface area (Å²) in [5.41, 5.74) is 0. The van der Waals surface area contributed by atoms with Gasteiger partial charge in [0.05, 0.1) is 11.8 Å². The Morgan fingerprint density at radius 1 is 1.28 bits per heavy atom. The van der Waals surface area contributed by atoms with Gasteiger partial charge in [0.1, 0.15) is 0 Å². The summed E-state index contributed by atoms with van der Waals surface area (Å²) >= 11 is 0. The Morgan fingerprint density at radius 2 is 1.89 bits per heavy atom. The van der Waals surface area contributed by atoms with Crippen LogP contribution in [-0.4, -0.2) is 34.5 Å². The molecule has 1 fully saturated rings. The SMILES string of the molecule is C=CCN(C(=O)C1CC=CCC1C(=O)O)C1CC1. The van der Waals surface area contributed by atoms with Gasteiger partial charge in [0, 0.05) is 12.6 Å². The molecular weight excluding hydrogens is 230 g/mol. The van der Waals surface area contributed by atoms with Gasteiger partial charge in [-0.2, -0.15) is 0 Å². The van der Waals surface area contributed by atoms with E-state index >= 15 is 0 Å². The van der Waals surface area contributed by atoms with Crippen molar-refractivity contribution in [1.29, 1.82) is 0 Å². The van der Waals surface area contributed by atoms with E-state index in [0.717, 1.165) is 12.8 Å². The predicted octanol–water partition coefficient (Wildman–Crippen LogP) is 1.83. The van der Waals surface area contributed by atoms with Gasteiger partial charge in [0.25, 0.3) is 0 Å². The van der Waals surface area contributed by atoms with Crippen LogP contribution in [0.25, 0.3) is 0 Å². The summed E-state index contributed by atoms with van der Waals surface area (Å²) in [6.07, 6.45) is 8.54. The first kappa shape index (κ1) is 12.9. The monoisotopic (exact) mass is 249 g/mol. The highest BCUT2D eigenvalue weighted by molar-refractivity contribution is 5.85. The van der Waals surface area contributed by atoms with E-state index in [1.165, 1.54) is 0 Å². The van der Waals surface area contributed by atoms with Gasteiger partial charge < -0.3 is 10.0 Å². The summed E-state index contributed by atoms with van der Waals surface area (Å²) in [6.45, 7) is 4.19. The third-order valence-electron chi connectivity index (χ3n) is 3.66. The molecule has 0 aromatic heterocycles. The highest BCUT2D eigenvalue weighted by Crippen LogP contribution is 2.33. The van der Waals surface area contributed by atoms with E-state index in [2.05, 4.69) is 6.58 Å². The van der Waals surface area contributed by atoms with E-state index in [0.29, 0.717) is 25.4 Å². The molecule has 2 atom stereocenters. The van der Waals surface area contributed by atoms with Crippen molar-refractivity contribution in [2.24, 2.45) is 11.8 Å². The van der Waals surface area contributed by atoms with Crippen LogP contribution >= 0.6 is 0 Å². The number of hydrogen-bond acceptors (Lipinski definition) is 2. The minimum Gasteiger partial charge on any atom is -0.481 e. The van der Waals surface area contributed by atoms with Crippen molar-refractivity contribution in [2.75, 3.05) is 6.54 Å². The summed E-state index contributed by atoms with van der Waals surface area (Å²) < 4.78 is 0. The molecule has 1 N–H and O–H groups in total. The highest BCUT2D eigenvalue weighted by atomic mass is 16.4. The topological polar surface area (TPSA) is 57.6 Å². The second kappa shape index (κ2) is 5.38. The van der Waals surface area contributed by atoms with E-state index in [-0.39, 0.29) is 5.91 Å². The Kier molecular flexibility index (Phi) is 3.84. The van der Waals surface area contributed by atoms with Crippen LogP contribution in [0.15, 0.2) is 24.8 Å². The number of aliphatic carboxylic acids is 1. The second-order valence-corrected chi connectivity index (χ2v) is 5.00. The minimum absolute atomic E-state index is 0.0193. The van der Waals surface area contributed by atoms with Crippen LogP contribution in [0.3, 0.4) is 0 Å². The number of nitrogens with zero attached hydrogens (tertiary/aromatic N) is 1. The molecular formula is C14H19NO3. The fourth-order valence-corrected chi connectivity index (χ4v) is 2.52. The number of carboxylic acid groups (broad SMARTS) is 1. The molecule has 18 heavy (non-hydrogen) atoms. The van der Waals surface area contributed by atoms with E-state index in [4.69, 9.17) is 0 Å². The third kappa shape index (κ3) is 2.63. The number of rotatable bonds is 5. The lowest BCUT2D eigenvalue weighted by Gasteiger charge is -2.30. The lowest BCUT2D eigenvalue weighted by Crippen LogP contribution is -2.43. The van der Waals surface area contributed by atoms with Crippen molar-refractivity contribution in [3.8, 4) is 0 Å². The first-order chi connectivity index (χ1) is 8.65. The van der Waals surface area contributed by atoms with E-state index < -0.39 is 17.8 Å². The maximum atomic E-state index is 12.5. The summed E-state index contributed by atoms with van der Waals surface area (Å²) in [5.74, 6) is -1.87. The molecule has 0 aliphatic heterocycles. The fraction of sp³-hybridized carbons (Fsp3) is 0.571. The Hall–Kier alpha value is -1.58. The molecule has 0 heterocycles. The minimum atomic E-state index is -0.868. The number of allylic oxidation sites excluding steroid dienone is 2. The smallest absolute Gasteiger partial charge is 0.307 e. The van der Waals surface area contributed by atoms with Crippen LogP contribution in [0.1, 0.15) is 25.7 Å². The zero-order chi connectivity index (χ0) is 13.1. The number of carbonyl (C=O) groups is 2. The van der Waals surface area contributed by atoms with Gasteiger partial charge >= 0.3 is 5.97 Å². The van der Waals surface area contributed by atoms with Gasteiger partial charge in [-0.05, 0) is 25.7 Å². The first-order valence-corrected chi connectivity index (χ1v) is 6.44. The molecule has 1 saturated carbocycles. The molecule has 2 aliphatic rings. The lowest BCUT2D eigenvalue weighted by atomic mass is 9.82. The molecule has 98 valence electrons. The average Bonchev–Trinajstić information content (AvgIpc) is 3.19. The van der Waals surface area contributed by atoms with Crippen LogP contribution in [0.5, 0.6) is 0 Å². The normalized spacial score (nSPS) is 26.7. The van der Waals surface area contributed by atoms with Crippen molar-refractivity contribution in [3.05, 3.63) is 24.8 Å². The predicted molar refractivity (Wildman–Crippen MR) is 67.9 cm³/mol. The van der Waals surface area contributed by atoms with E-state index in [9.17, 15) is 14.7 Å². The summed E-state index contributed by atoms with van der Waals surface area (Å²) in [4.78, 5) is 25.5. The average molecular weight is 249 g/mol. The van der Waals surface area contributed by atoms with Crippen molar-refractivity contribution in [1.82, 2.24) is 4.90 Å². The zero-order valence-corrected chi connectivity index (χ0v) is 10.4. The summed E-state index contributed by atoms with van der Waals surface area (Å²) in [7, 11) is 0. The van der Waals surface area contributed by atoms with Crippen LogP contribution in [0.4, 0.5) is 0 Å². The van der Waals surface area contributed by atoms with Gasteiger partial charge in [-0.25, -0.2) is 0 Å². The van der Waals surface area contributed by atoms with E-state index in [1.807, 2.05) is 12.2 Å². The number of amides is 1. The molecule has 0 aromatic rings. The maximum absolute atomic E-state index is 12.5. The summed E-state index contributed by atoms with van der Waals surface area (Å²) in [5, 5.41) is 9.20. The molecule has 2 aliphatic carbocycles. The summed E-state index contributed by atoms with van der Waals surface area (Å²) in [6, 6.07) is 0.302. The van der Waals surface area contributed by atoms with Crippen molar-refractivity contribution in [3.63, 3.8) is 0 Å². The molecule has 0 aromatic carbocycles. The molecule has 0 bridgehead atoms. The highest BCUT2D eigenvalue weighted by Gasteiger charge is 2.40. The van der Waals surface area contributed by atoms with Gasteiger partial charge in [-0.15, -0.1) is 6.58 Å². The molecule has 2 rings (SSSR count). The Morgan fingerprint density at radius 3 is 2.39 bits per heavy atom. The lowest BCUT2D eigenvalue weighted by molar-refractivity contribution is -0.150. The Balaban J connectivity index is 2.11. The molecule has 0 spiro atoms. The molecule has 4 heteroatoms. The number of hydrogen-bond donors (Lipinski definition) is 1. The van der Waals surface area contributed by atoms with Crippen LogP contribution in [0.2, 0.25) is 0 Å². The Bertz CT molecular complexity index is 385. The van der Waals surface area contributed by atoms with Crippen molar-refractivity contribution in [2.45, 2.75) is 31.7 Å². The molecule has 1 amide bonds. The maximum Gasteiger partial charge on any atom is 0.307 e. The zero-order valence-electron chi connectivity index (χ0n) is 10.4. The second-order valence-electron chi connectivity index (χ2n) is 5.00. The largest absolute Gasteiger partial charge is 0.481 e. The quantitative estimate of drug-likeness (QED) is 0.756. The number of carbonyl (C=O) groups excluding carboxylic acids is 1. The van der Waals surface area contributed by atoms with Crippen molar-refractivity contribution < 1.29 is 14.7 Å². The molecule has 2 unspecified atom stereocenters. The van der Waals surface area contributed by atoms with Crippen LogP contribution in [-0.2, 0) is 9.59 Å². The molecule has 4 nitrogen and oxygen atoms in total. The molecule has 0 saturated heterocycles. The standard InChI is InChI=1S/C14H19NO3/c1-2-9-15(10-7-8-10)13(16)11-5-3-4-6-12(11)14(17)18/h2-4,10-12H,1,5-9H2,(H,17,18). The third-order valence-corrected chi connectivity index (χ3v) is 3.66. The van der Waals surface area contributed by atoms with Crippen LogP contribution < -0.4 is 0 Å². The Labute approximate surface area is 107 Å². The van der Waals surface area contributed by atoms with Gasteiger partial charge in [-0.1, -0.05) is 18.2 Å². The van der Waals surface area contributed by atoms with Gasteiger partial charge in [0.2, 0.25) is 5.91 Å². The van der Waals surface area contributed by atoms with Crippen molar-refractivity contribution >= 4 is 11.9 Å². The van der Waals surface area contributed by atoms with Crippen LogP contribution in [0, 0.1) is 11.8 Å². The van der Waals surface area contributed by atoms with E-state index in [1.54, 1.807) is 11.0 Å². The van der Waals surface area contributed by atoms with Gasteiger partial charge in [0.15, 0.2) is 0 Å². The molecule has 0 radical (unpaired) electrons. The number of carboxylic acids is 1.